The lowest BCUT2D eigenvalue weighted by Gasteiger charge is -2.40. The molecule has 1 fully saturated rings. The first kappa shape index (κ1) is 16.9. The third kappa shape index (κ3) is 3.86. The molecular weight excluding hydrogens is 332 g/mol. The van der Waals surface area contributed by atoms with Crippen molar-refractivity contribution in [2.45, 2.75) is 44.9 Å². The molecule has 1 aliphatic heterocycles. The second kappa shape index (κ2) is 6.77. The van der Waals surface area contributed by atoms with E-state index < -0.39 is 5.60 Å². The molecule has 5 nitrogen and oxygen atoms in total. The van der Waals surface area contributed by atoms with Crippen molar-refractivity contribution in [3.8, 4) is 0 Å². The Labute approximate surface area is 136 Å². The highest BCUT2D eigenvalue weighted by atomic mass is 79.9. The molecule has 2 rings (SSSR count). The van der Waals surface area contributed by atoms with E-state index in [-0.39, 0.29) is 0 Å². The predicted octanol–water partition coefficient (Wildman–Crippen LogP) is 1.90. The van der Waals surface area contributed by atoms with Gasteiger partial charge in [-0.1, -0.05) is 0 Å². The molecule has 0 spiro atoms. The number of piperidine rings is 1. The van der Waals surface area contributed by atoms with Gasteiger partial charge in [0.05, 0.1) is 22.9 Å². The van der Waals surface area contributed by atoms with E-state index in [1.165, 1.54) is 0 Å². The molecule has 0 aliphatic carbocycles. The van der Waals surface area contributed by atoms with Crippen LogP contribution in [0.25, 0.3) is 0 Å². The number of halogens is 1. The van der Waals surface area contributed by atoms with Crippen molar-refractivity contribution in [2.24, 2.45) is 0 Å². The highest BCUT2D eigenvalue weighted by Crippen LogP contribution is 2.37. The van der Waals surface area contributed by atoms with Gasteiger partial charge in [0.15, 0.2) is 0 Å². The predicted molar refractivity (Wildman–Crippen MR) is 88.3 cm³/mol. The van der Waals surface area contributed by atoms with Crippen molar-refractivity contribution in [3.63, 3.8) is 0 Å². The molecule has 0 radical (unpaired) electrons. The Kier molecular flexibility index (Phi) is 5.46. The van der Waals surface area contributed by atoms with Crippen LogP contribution in [-0.4, -0.2) is 64.5 Å². The van der Waals surface area contributed by atoms with Crippen molar-refractivity contribution >= 4 is 15.9 Å². The Morgan fingerprint density at radius 1 is 1.38 bits per heavy atom. The third-order valence-electron chi connectivity index (χ3n) is 4.35. The molecular formula is C15H27BrN4O. The Hall–Kier alpha value is -0.430. The van der Waals surface area contributed by atoms with Crippen LogP contribution in [0.1, 0.15) is 32.4 Å². The number of hydrogen-bond donors (Lipinski definition) is 1. The van der Waals surface area contributed by atoms with Gasteiger partial charge in [0.25, 0.3) is 0 Å². The van der Waals surface area contributed by atoms with Crippen LogP contribution in [0.4, 0.5) is 0 Å². The van der Waals surface area contributed by atoms with Gasteiger partial charge in [-0.05, 0) is 56.7 Å². The van der Waals surface area contributed by atoms with E-state index in [2.05, 4.69) is 44.7 Å². The molecule has 1 aromatic heterocycles. The molecule has 0 bridgehead atoms. The number of hydrogen-bond acceptors (Lipinski definition) is 4. The summed E-state index contributed by atoms with van der Waals surface area (Å²) in [6, 6.07) is 0.539. The molecule has 2 heterocycles. The summed E-state index contributed by atoms with van der Waals surface area (Å²) in [6.07, 6.45) is 3.33. The molecule has 1 N–H and O–H groups in total. The van der Waals surface area contributed by atoms with Crippen molar-refractivity contribution < 1.29 is 5.11 Å². The lowest BCUT2D eigenvalue weighted by atomic mass is 9.87. The first-order valence-corrected chi connectivity index (χ1v) is 8.46. The van der Waals surface area contributed by atoms with Gasteiger partial charge >= 0.3 is 0 Å². The summed E-state index contributed by atoms with van der Waals surface area (Å²) < 4.78 is 2.87. The Balaban J connectivity index is 2.15. The maximum atomic E-state index is 11.1. The Morgan fingerprint density at radius 3 is 2.52 bits per heavy atom. The first-order valence-electron chi connectivity index (χ1n) is 7.66. The van der Waals surface area contributed by atoms with Crippen LogP contribution in [0.15, 0.2) is 10.7 Å². The smallest absolute Gasteiger partial charge is 0.110 e. The second-order valence-corrected chi connectivity index (χ2v) is 7.38. The molecule has 0 aromatic carbocycles. The standard InChI is InChI=1S/C15H27BrN4O/c1-12(2)19-7-5-15(21,6-8-19)14-13(16)11-17-20(14)10-9-18(3)4/h11-12,21H,5-10H2,1-4H3. The van der Waals surface area contributed by atoms with Crippen LogP contribution in [0.2, 0.25) is 0 Å². The molecule has 1 aliphatic rings. The van der Waals surface area contributed by atoms with Crippen LogP contribution in [-0.2, 0) is 12.1 Å². The minimum absolute atomic E-state index is 0.539. The number of nitrogens with zero attached hydrogens (tertiary/aromatic N) is 4. The molecule has 0 unspecified atom stereocenters. The average Bonchev–Trinajstić information content (AvgIpc) is 2.78. The van der Waals surface area contributed by atoms with E-state index in [1.54, 1.807) is 6.20 Å². The number of aromatic nitrogens is 2. The number of rotatable bonds is 5. The van der Waals surface area contributed by atoms with E-state index in [4.69, 9.17) is 0 Å². The maximum Gasteiger partial charge on any atom is 0.110 e. The summed E-state index contributed by atoms with van der Waals surface area (Å²) in [6.45, 7) is 7.99. The van der Waals surface area contributed by atoms with E-state index in [0.717, 1.165) is 49.2 Å². The molecule has 21 heavy (non-hydrogen) atoms. The van der Waals surface area contributed by atoms with Crippen LogP contribution >= 0.6 is 15.9 Å². The highest BCUT2D eigenvalue weighted by molar-refractivity contribution is 9.10. The lowest BCUT2D eigenvalue weighted by molar-refractivity contribution is -0.0395. The summed E-state index contributed by atoms with van der Waals surface area (Å²) in [5.41, 5.74) is 0.167. The zero-order chi connectivity index (χ0) is 15.6. The SMILES string of the molecule is CC(C)N1CCC(O)(c2c(Br)cnn2CCN(C)C)CC1. The van der Waals surface area contributed by atoms with Crippen LogP contribution in [0.5, 0.6) is 0 Å². The van der Waals surface area contributed by atoms with Gasteiger partial charge in [0.1, 0.15) is 5.60 Å². The number of likely N-dealkylation sites (N-methyl/N-ethyl adjacent to an activating group) is 1. The van der Waals surface area contributed by atoms with Gasteiger partial charge in [-0.15, -0.1) is 0 Å². The zero-order valence-electron chi connectivity index (χ0n) is 13.5. The highest BCUT2D eigenvalue weighted by Gasteiger charge is 2.38. The minimum Gasteiger partial charge on any atom is -0.383 e. The lowest BCUT2D eigenvalue weighted by Crippen LogP contribution is -2.46. The molecule has 1 saturated heterocycles. The number of aliphatic hydroxyl groups is 1. The number of likely N-dealkylation sites (tertiary alicyclic amines) is 1. The fourth-order valence-corrected chi connectivity index (χ4v) is 3.60. The van der Waals surface area contributed by atoms with Gasteiger partial charge in [-0.2, -0.15) is 5.10 Å². The van der Waals surface area contributed by atoms with Crippen LogP contribution in [0.3, 0.4) is 0 Å². The average molecular weight is 359 g/mol. The van der Waals surface area contributed by atoms with Gasteiger partial charge in [-0.25, -0.2) is 0 Å². The normalized spacial score (nSPS) is 19.6. The van der Waals surface area contributed by atoms with Crippen LogP contribution in [0, 0.1) is 0 Å². The fourth-order valence-electron chi connectivity index (χ4n) is 2.94. The van der Waals surface area contributed by atoms with Crippen molar-refractivity contribution in [1.29, 1.82) is 0 Å². The topological polar surface area (TPSA) is 44.5 Å². The second-order valence-electron chi connectivity index (χ2n) is 6.53. The largest absolute Gasteiger partial charge is 0.383 e. The summed E-state index contributed by atoms with van der Waals surface area (Å²) in [5.74, 6) is 0. The van der Waals surface area contributed by atoms with Crippen LogP contribution < -0.4 is 0 Å². The van der Waals surface area contributed by atoms with E-state index in [9.17, 15) is 5.11 Å². The van der Waals surface area contributed by atoms with Gasteiger partial charge < -0.3 is 14.9 Å². The van der Waals surface area contributed by atoms with E-state index >= 15 is 0 Å². The molecule has 0 amide bonds. The summed E-state index contributed by atoms with van der Waals surface area (Å²) >= 11 is 3.57. The van der Waals surface area contributed by atoms with Crippen molar-refractivity contribution in [2.75, 3.05) is 33.7 Å². The molecule has 6 heteroatoms. The van der Waals surface area contributed by atoms with Crippen molar-refractivity contribution in [3.05, 3.63) is 16.4 Å². The van der Waals surface area contributed by atoms with Crippen molar-refractivity contribution in [1.82, 2.24) is 19.6 Å². The minimum atomic E-state index is -0.771. The third-order valence-corrected chi connectivity index (χ3v) is 4.93. The zero-order valence-corrected chi connectivity index (χ0v) is 15.1. The molecule has 0 atom stereocenters. The Morgan fingerprint density at radius 2 is 2.00 bits per heavy atom. The maximum absolute atomic E-state index is 11.1. The monoisotopic (exact) mass is 358 g/mol. The van der Waals surface area contributed by atoms with E-state index in [1.807, 2.05) is 18.8 Å². The molecule has 1 aromatic rings. The summed E-state index contributed by atoms with van der Waals surface area (Å²) in [7, 11) is 4.10. The fraction of sp³-hybridized carbons (Fsp3) is 0.800. The van der Waals surface area contributed by atoms with Gasteiger partial charge in [-0.3, -0.25) is 4.68 Å². The first-order chi connectivity index (χ1) is 9.83. The van der Waals surface area contributed by atoms with Gasteiger partial charge in [0.2, 0.25) is 0 Å². The molecule has 120 valence electrons. The van der Waals surface area contributed by atoms with Gasteiger partial charge in [0, 0.05) is 25.7 Å². The molecule has 0 saturated carbocycles. The summed E-state index contributed by atoms with van der Waals surface area (Å²) in [4.78, 5) is 4.55. The quantitative estimate of drug-likeness (QED) is 0.872. The summed E-state index contributed by atoms with van der Waals surface area (Å²) in [5, 5.41) is 15.6. The Bertz CT molecular complexity index is 464. The van der Waals surface area contributed by atoms with E-state index in [0.29, 0.717) is 6.04 Å².